The van der Waals surface area contributed by atoms with E-state index in [9.17, 15) is 39.5 Å². The van der Waals surface area contributed by atoms with Gasteiger partial charge in [-0.3, -0.25) is 0 Å². The SMILES string of the molecule is Fc1c(F)c(F)c([B-](c2c(F)c(F)c(F)c(F)c2F)(c2c(F)c(F)c(F)c(F)c2F)C2C=CC=C2)c(F)c1F. The van der Waals surface area contributed by atoms with Crippen LogP contribution >= 0.6 is 0 Å². The number of hydrogen-bond donors (Lipinski definition) is 0. The number of allylic oxidation sites excluding steroid dienone is 4. The maximum Gasteiger partial charge on any atom is 0.200 e. The van der Waals surface area contributed by atoms with Crippen molar-refractivity contribution in [2.24, 2.45) is 0 Å². The molecule has 3 aromatic carbocycles. The van der Waals surface area contributed by atoms with Gasteiger partial charge in [-0.1, -0.05) is 12.2 Å². The smallest absolute Gasteiger partial charge is 0.200 e. The van der Waals surface area contributed by atoms with Crippen LogP contribution < -0.4 is 16.4 Å². The minimum atomic E-state index is -5.59. The Hall–Kier alpha value is -3.85. The van der Waals surface area contributed by atoms with Crippen molar-refractivity contribution < 1.29 is 65.9 Å². The van der Waals surface area contributed by atoms with Gasteiger partial charge in [0.2, 0.25) is 0 Å². The molecular weight excluding hydrogens is 572 g/mol. The second-order valence-corrected chi connectivity index (χ2v) is 8.23. The van der Waals surface area contributed by atoms with Crippen molar-refractivity contribution in [3.8, 4) is 0 Å². The number of hydrogen-bond acceptors (Lipinski definition) is 0. The first kappa shape index (κ1) is 28.2. The standard InChI is InChI=1S/C23H5BF15/c25-9-6(10(26)16(32)21(37)15(9)31)24(5-3-1-2-4-5,7-11(27)17(33)22(38)18(34)12(7)28)8-13(29)19(35)23(39)20(36)14(8)30/h1-5H/q-1. The Morgan fingerprint density at radius 1 is 0.308 bits per heavy atom. The Morgan fingerprint density at radius 2 is 0.487 bits per heavy atom. The molecule has 3 aromatic rings. The first-order valence-corrected chi connectivity index (χ1v) is 10.2. The van der Waals surface area contributed by atoms with E-state index in [-0.39, 0.29) is 0 Å². The maximum atomic E-state index is 15.2. The van der Waals surface area contributed by atoms with Gasteiger partial charge in [-0.2, -0.15) is 0 Å². The van der Waals surface area contributed by atoms with E-state index in [4.69, 9.17) is 0 Å². The Bertz CT molecular complexity index is 1360. The van der Waals surface area contributed by atoms with Crippen molar-refractivity contribution in [3.63, 3.8) is 0 Å². The van der Waals surface area contributed by atoms with Crippen LogP contribution in [-0.4, -0.2) is 6.15 Å². The van der Waals surface area contributed by atoms with E-state index < -0.39 is 116 Å². The largest absolute Gasteiger partial charge is 0.207 e. The van der Waals surface area contributed by atoms with Gasteiger partial charge in [-0.25, -0.2) is 65.9 Å². The van der Waals surface area contributed by atoms with E-state index in [0.717, 1.165) is 12.2 Å². The molecule has 4 rings (SSSR count). The lowest BCUT2D eigenvalue weighted by Gasteiger charge is -2.47. The monoisotopic (exact) mass is 577 g/mol. The van der Waals surface area contributed by atoms with Crippen LogP contribution in [0.25, 0.3) is 0 Å². The van der Waals surface area contributed by atoms with Crippen LogP contribution in [-0.2, 0) is 0 Å². The van der Waals surface area contributed by atoms with Crippen molar-refractivity contribution in [2.75, 3.05) is 0 Å². The molecule has 0 fully saturated rings. The molecule has 0 N–H and O–H groups in total. The van der Waals surface area contributed by atoms with Crippen molar-refractivity contribution in [1.82, 2.24) is 0 Å². The molecule has 1 aliphatic carbocycles. The summed E-state index contributed by atoms with van der Waals surface area (Å²) in [6.45, 7) is 0. The molecule has 0 aromatic heterocycles. The van der Waals surface area contributed by atoms with E-state index >= 15 is 26.3 Å². The molecule has 206 valence electrons. The average molecular weight is 577 g/mol. The first-order chi connectivity index (χ1) is 18.1. The van der Waals surface area contributed by atoms with Crippen LogP contribution in [0.4, 0.5) is 65.9 Å². The molecule has 0 amide bonds. The molecular formula is C23H5BF15-. The number of rotatable bonds is 4. The molecule has 0 aliphatic heterocycles. The second-order valence-electron chi connectivity index (χ2n) is 8.23. The normalized spacial score (nSPS) is 13.7. The van der Waals surface area contributed by atoms with Crippen molar-refractivity contribution >= 4 is 22.5 Å². The summed E-state index contributed by atoms with van der Waals surface area (Å²) in [7, 11) is 0. The molecule has 16 heteroatoms. The van der Waals surface area contributed by atoms with E-state index in [1.54, 1.807) is 0 Å². The quantitative estimate of drug-likeness (QED) is 0.161. The summed E-state index contributed by atoms with van der Waals surface area (Å²) < 4.78 is 219. The van der Waals surface area contributed by atoms with Gasteiger partial charge in [-0.15, -0.1) is 34.4 Å². The zero-order chi connectivity index (χ0) is 29.3. The highest BCUT2D eigenvalue weighted by molar-refractivity contribution is 7.13. The van der Waals surface area contributed by atoms with Gasteiger partial charge in [0.05, 0.1) is 0 Å². The highest BCUT2D eigenvalue weighted by atomic mass is 19.2. The van der Waals surface area contributed by atoms with E-state index in [2.05, 4.69) is 0 Å². The fourth-order valence-corrected chi connectivity index (χ4v) is 4.86. The third-order valence-electron chi connectivity index (χ3n) is 6.45. The summed E-state index contributed by atoms with van der Waals surface area (Å²) in [6, 6.07) is 0. The summed E-state index contributed by atoms with van der Waals surface area (Å²) in [4.78, 5) is 0. The Balaban J connectivity index is 2.50. The zero-order valence-corrected chi connectivity index (χ0v) is 18.1. The van der Waals surface area contributed by atoms with E-state index in [1.807, 2.05) is 0 Å². The third kappa shape index (κ3) is 3.59. The molecule has 0 heterocycles. The number of halogens is 15. The zero-order valence-electron chi connectivity index (χ0n) is 18.1. The Morgan fingerprint density at radius 3 is 0.692 bits per heavy atom. The summed E-state index contributed by atoms with van der Waals surface area (Å²) in [6.07, 6.45) is -3.09. The van der Waals surface area contributed by atoms with Gasteiger partial charge in [0.25, 0.3) is 0 Å². The summed E-state index contributed by atoms with van der Waals surface area (Å²) in [5.74, 6) is -47.7. The summed E-state index contributed by atoms with van der Waals surface area (Å²) >= 11 is 0. The minimum absolute atomic E-state index is 0.480. The van der Waals surface area contributed by atoms with Crippen LogP contribution in [0.5, 0.6) is 0 Å². The molecule has 0 radical (unpaired) electrons. The fraction of sp³-hybridized carbons (Fsp3) is 0.0435. The highest BCUT2D eigenvalue weighted by Gasteiger charge is 2.50. The van der Waals surface area contributed by atoms with Crippen LogP contribution in [0.3, 0.4) is 0 Å². The molecule has 0 saturated heterocycles. The van der Waals surface area contributed by atoms with Crippen molar-refractivity contribution in [2.45, 2.75) is 5.82 Å². The van der Waals surface area contributed by atoms with Crippen molar-refractivity contribution in [3.05, 3.63) is 112 Å². The molecule has 0 unspecified atom stereocenters. The lowest BCUT2D eigenvalue weighted by molar-refractivity contribution is 0.379. The summed E-state index contributed by atoms with van der Waals surface area (Å²) in [5.41, 5.74) is -7.88. The lowest BCUT2D eigenvalue weighted by atomic mass is 9.10. The minimum Gasteiger partial charge on any atom is -0.207 e. The van der Waals surface area contributed by atoms with Crippen LogP contribution in [0.1, 0.15) is 0 Å². The van der Waals surface area contributed by atoms with Crippen molar-refractivity contribution in [1.29, 1.82) is 0 Å². The molecule has 0 saturated carbocycles. The Labute approximate surface area is 206 Å². The average Bonchev–Trinajstić information content (AvgIpc) is 3.46. The lowest BCUT2D eigenvalue weighted by Crippen LogP contribution is -2.75. The van der Waals surface area contributed by atoms with E-state index in [0.29, 0.717) is 12.2 Å². The highest BCUT2D eigenvalue weighted by Crippen LogP contribution is 2.36. The predicted molar refractivity (Wildman–Crippen MR) is 105 cm³/mol. The molecule has 0 nitrogen and oxygen atoms in total. The molecule has 39 heavy (non-hydrogen) atoms. The van der Waals surface area contributed by atoms with Gasteiger partial charge in [0.15, 0.2) is 52.4 Å². The van der Waals surface area contributed by atoms with Gasteiger partial charge in [-0.05, 0) is 0 Å². The first-order valence-electron chi connectivity index (χ1n) is 10.2. The van der Waals surface area contributed by atoms with Crippen LogP contribution in [0, 0.1) is 87.3 Å². The van der Waals surface area contributed by atoms with Gasteiger partial charge >= 0.3 is 0 Å². The molecule has 0 spiro atoms. The summed E-state index contributed by atoms with van der Waals surface area (Å²) in [5, 5.41) is 0. The van der Waals surface area contributed by atoms with Gasteiger partial charge < -0.3 is 0 Å². The Kier molecular flexibility index (Phi) is 6.80. The molecule has 0 bridgehead atoms. The van der Waals surface area contributed by atoms with Crippen LogP contribution in [0.2, 0.25) is 5.82 Å². The maximum absolute atomic E-state index is 15.2. The van der Waals surface area contributed by atoms with Crippen LogP contribution in [0.15, 0.2) is 24.3 Å². The second kappa shape index (κ2) is 9.41. The van der Waals surface area contributed by atoms with Gasteiger partial charge in [0.1, 0.15) is 41.0 Å². The van der Waals surface area contributed by atoms with Gasteiger partial charge in [0, 0.05) is 0 Å². The fourth-order valence-electron chi connectivity index (χ4n) is 4.86. The molecule has 1 aliphatic rings. The topological polar surface area (TPSA) is 0 Å². The molecule has 0 atom stereocenters. The third-order valence-corrected chi connectivity index (χ3v) is 6.45. The van der Waals surface area contributed by atoms with E-state index in [1.165, 1.54) is 0 Å². The number of benzene rings is 3. The predicted octanol–water partition coefficient (Wildman–Crippen LogP) is 5.74.